The van der Waals surface area contributed by atoms with Gasteiger partial charge in [-0.3, -0.25) is 0 Å². The lowest BCUT2D eigenvalue weighted by Gasteiger charge is -2.32. The molecular formula is C16H26O. The standard InChI is InChI=1S/C16H26O/c1-11(2)9-14(5)16(6,17)15-8-7-12(3)13(4)10-15/h7-8,10-11,14,17H,9H2,1-6H3. The molecule has 0 aliphatic carbocycles. The van der Waals surface area contributed by atoms with Crippen LogP contribution in [-0.4, -0.2) is 5.11 Å². The minimum atomic E-state index is -0.733. The second-order valence-electron chi connectivity index (χ2n) is 5.98. The molecule has 2 atom stereocenters. The molecule has 0 spiro atoms. The van der Waals surface area contributed by atoms with E-state index in [4.69, 9.17) is 0 Å². The third kappa shape index (κ3) is 3.32. The minimum absolute atomic E-state index is 0.268. The van der Waals surface area contributed by atoms with E-state index < -0.39 is 5.60 Å². The zero-order valence-corrected chi connectivity index (χ0v) is 12.0. The first-order valence-corrected chi connectivity index (χ1v) is 6.55. The molecule has 1 heteroatoms. The summed E-state index contributed by atoms with van der Waals surface area (Å²) in [5.74, 6) is 0.882. The van der Waals surface area contributed by atoms with Crippen molar-refractivity contribution >= 4 is 0 Å². The third-order valence-electron chi connectivity index (χ3n) is 3.88. The number of hydrogen-bond donors (Lipinski definition) is 1. The molecule has 0 saturated heterocycles. The van der Waals surface area contributed by atoms with E-state index in [1.54, 1.807) is 0 Å². The van der Waals surface area contributed by atoms with Crippen LogP contribution in [0.3, 0.4) is 0 Å². The summed E-state index contributed by atoms with van der Waals surface area (Å²) >= 11 is 0. The maximum absolute atomic E-state index is 10.7. The maximum Gasteiger partial charge on any atom is 0.0894 e. The fraction of sp³-hybridized carbons (Fsp3) is 0.625. The van der Waals surface area contributed by atoms with Crippen molar-refractivity contribution in [2.45, 2.75) is 53.6 Å². The minimum Gasteiger partial charge on any atom is -0.385 e. The summed E-state index contributed by atoms with van der Waals surface area (Å²) in [5.41, 5.74) is 2.83. The van der Waals surface area contributed by atoms with Gasteiger partial charge in [0, 0.05) is 0 Å². The average molecular weight is 234 g/mol. The van der Waals surface area contributed by atoms with E-state index in [0.29, 0.717) is 5.92 Å². The van der Waals surface area contributed by atoms with Gasteiger partial charge in [-0.25, -0.2) is 0 Å². The quantitative estimate of drug-likeness (QED) is 0.828. The highest BCUT2D eigenvalue weighted by Crippen LogP contribution is 2.33. The normalized spacial score (nSPS) is 16.9. The number of benzene rings is 1. The van der Waals surface area contributed by atoms with E-state index in [-0.39, 0.29) is 5.92 Å². The Bertz CT molecular complexity index is 377. The summed E-state index contributed by atoms with van der Waals surface area (Å²) in [6.07, 6.45) is 1.04. The highest BCUT2D eigenvalue weighted by molar-refractivity contribution is 5.33. The molecule has 1 N–H and O–H groups in total. The van der Waals surface area contributed by atoms with Crippen LogP contribution in [0.25, 0.3) is 0 Å². The Morgan fingerprint density at radius 1 is 1.12 bits per heavy atom. The molecule has 96 valence electrons. The summed E-state index contributed by atoms with van der Waals surface area (Å²) in [5, 5.41) is 10.7. The fourth-order valence-electron chi connectivity index (χ4n) is 2.28. The van der Waals surface area contributed by atoms with Crippen LogP contribution in [0.4, 0.5) is 0 Å². The largest absolute Gasteiger partial charge is 0.385 e. The third-order valence-corrected chi connectivity index (χ3v) is 3.88. The first-order chi connectivity index (χ1) is 7.75. The Labute approximate surface area is 106 Å². The first-order valence-electron chi connectivity index (χ1n) is 6.55. The Morgan fingerprint density at radius 2 is 1.71 bits per heavy atom. The molecule has 1 rings (SSSR count). The Balaban J connectivity index is 2.99. The molecule has 1 nitrogen and oxygen atoms in total. The van der Waals surface area contributed by atoms with Gasteiger partial charge in [-0.2, -0.15) is 0 Å². The zero-order valence-electron chi connectivity index (χ0n) is 12.0. The maximum atomic E-state index is 10.7. The lowest BCUT2D eigenvalue weighted by atomic mass is 9.79. The van der Waals surface area contributed by atoms with Gasteiger partial charge in [0.2, 0.25) is 0 Å². The molecule has 2 unspecified atom stereocenters. The summed E-state index contributed by atoms with van der Waals surface area (Å²) < 4.78 is 0. The molecule has 17 heavy (non-hydrogen) atoms. The van der Waals surface area contributed by atoms with E-state index in [0.717, 1.165) is 12.0 Å². The van der Waals surface area contributed by atoms with Gasteiger partial charge in [0.25, 0.3) is 0 Å². The molecular weight excluding hydrogens is 208 g/mol. The second-order valence-corrected chi connectivity index (χ2v) is 5.98. The molecule has 1 aromatic carbocycles. The summed E-state index contributed by atoms with van der Waals surface area (Å²) in [7, 11) is 0. The van der Waals surface area contributed by atoms with E-state index >= 15 is 0 Å². The fourth-order valence-corrected chi connectivity index (χ4v) is 2.28. The van der Waals surface area contributed by atoms with Crippen LogP contribution in [0.2, 0.25) is 0 Å². The molecule has 0 fully saturated rings. The topological polar surface area (TPSA) is 20.2 Å². The van der Waals surface area contributed by atoms with Crippen LogP contribution < -0.4 is 0 Å². The highest BCUT2D eigenvalue weighted by Gasteiger charge is 2.30. The number of aryl methyl sites for hydroxylation is 2. The molecule has 0 bridgehead atoms. The first kappa shape index (κ1) is 14.2. The molecule has 0 heterocycles. The Kier molecular flexibility index (Phi) is 4.37. The summed E-state index contributed by atoms with van der Waals surface area (Å²) in [6, 6.07) is 6.27. The predicted molar refractivity (Wildman–Crippen MR) is 74.1 cm³/mol. The van der Waals surface area contributed by atoms with E-state index in [1.807, 2.05) is 6.92 Å². The van der Waals surface area contributed by atoms with Crippen LogP contribution in [0.5, 0.6) is 0 Å². The van der Waals surface area contributed by atoms with Crippen molar-refractivity contribution in [3.63, 3.8) is 0 Å². The van der Waals surface area contributed by atoms with E-state index in [2.05, 4.69) is 52.8 Å². The summed E-state index contributed by atoms with van der Waals surface area (Å²) in [4.78, 5) is 0. The van der Waals surface area contributed by atoms with Gasteiger partial charge in [0.15, 0.2) is 0 Å². The van der Waals surface area contributed by atoms with Crippen LogP contribution in [0.1, 0.15) is 50.8 Å². The molecule has 0 radical (unpaired) electrons. The molecule has 0 aromatic heterocycles. The van der Waals surface area contributed by atoms with Gasteiger partial charge >= 0.3 is 0 Å². The smallest absolute Gasteiger partial charge is 0.0894 e. The van der Waals surface area contributed by atoms with Crippen LogP contribution in [0.15, 0.2) is 18.2 Å². The molecule has 0 saturated carbocycles. The van der Waals surface area contributed by atoms with E-state index in [1.165, 1.54) is 11.1 Å². The van der Waals surface area contributed by atoms with Crippen molar-refractivity contribution in [1.82, 2.24) is 0 Å². The van der Waals surface area contributed by atoms with Crippen molar-refractivity contribution < 1.29 is 5.11 Å². The molecule has 0 amide bonds. The van der Waals surface area contributed by atoms with Gasteiger partial charge < -0.3 is 5.11 Å². The lowest BCUT2D eigenvalue weighted by Crippen LogP contribution is -2.31. The second kappa shape index (κ2) is 5.22. The van der Waals surface area contributed by atoms with Crippen molar-refractivity contribution in [2.75, 3.05) is 0 Å². The van der Waals surface area contributed by atoms with Gasteiger partial charge in [0.05, 0.1) is 5.60 Å². The monoisotopic (exact) mass is 234 g/mol. The van der Waals surface area contributed by atoms with Crippen molar-refractivity contribution in [2.24, 2.45) is 11.8 Å². The van der Waals surface area contributed by atoms with Crippen molar-refractivity contribution in [3.05, 3.63) is 34.9 Å². The van der Waals surface area contributed by atoms with Crippen LogP contribution in [0, 0.1) is 25.7 Å². The average Bonchev–Trinajstić information content (AvgIpc) is 2.20. The predicted octanol–water partition coefficient (Wildman–Crippen LogP) is 4.19. The van der Waals surface area contributed by atoms with Crippen LogP contribution in [-0.2, 0) is 5.60 Å². The van der Waals surface area contributed by atoms with Gasteiger partial charge in [0.1, 0.15) is 0 Å². The van der Waals surface area contributed by atoms with E-state index in [9.17, 15) is 5.11 Å². The van der Waals surface area contributed by atoms with Crippen molar-refractivity contribution in [1.29, 1.82) is 0 Å². The Morgan fingerprint density at radius 3 is 2.18 bits per heavy atom. The SMILES string of the molecule is Cc1ccc(C(C)(O)C(C)CC(C)C)cc1C. The Hall–Kier alpha value is -0.820. The molecule has 1 aromatic rings. The van der Waals surface area contributed by atoms with Crippen molar-refractivity contribution in [3.8, 4) is 0 Å². The van der Waals surface area contributed by atoms with Crippen LogP contribution >= 0.6 is 0 Å². The molecule has 0 aliphatic heterocycles. The molecule has 0 aliphatic rings. The summed E-state index contributed by atoms with van der Waals surface area (Å²) in [6.45, 7) is 12.7. The number of rotatable bonds is 4. The van der Waals surface area contributed by atoms with Gasteiger partial charge in [-0.15, -0.1) is 0 Å². The number of hydrogen-bond acceptors (Lipinski definition) is 1. The number of aliphatic hydroxyl groups is 1. The zero-order chi connectivity index (χ0) is 13.2. The van der Waals surface area contributed by atoms with Gasteiger partial charge in [-0.05, 0) is 55.7 Å². The lowest BCUT2D eigenvalue weighted by molar-refractivity contribution is -0.00669. The highest BCUT2D eigenvalue weighted by atomic mass is 16.3. The van der Waals surface area contributed by atoms with Gasteiger partial charge in [-0.1, -0.05) is 39.0 Å².